The van der Waals surface area contributed by atoms with Crippen LogP contribution in [0.3, 0.4) is 0 Å². The molecule has 6 heteroatoms. The first-order valence-electron chi connectivity index (χ1n) is 9.44. The molecule has 0 radical (unpaired) electrons. The summed E-state index contributed by atoms with van der Waals surface area (Å²) in [6.07, 6.45) is 2.64. The number of rotatable bonds is 4. The molecule has 140 valence electrons. The number of nitrogens with one attached hydrogen (secondary N) is 1. The van der Waals surface area contributed by atoms with Gasteiger partial charge in [-0.1, -0.05) is 29.8 Å². The molecule has 6 nitrogen and oxygen atoms in total. The Hall–Kier alpha value is -1.92. The Morgan fingerprint density at radius 3 is 2.23 bits per heavy atom. The molecule has 1 spiro atoms. The van der Waals surface area contributed by atoms with E-state index in [0.29, 0.717) is 58.5 Å². The summed E-state index contributed by atoms with van der Waals surface area (Å²) >= 11 is 0. The number of benzene rings is 1. The minimum Gasteiger partial charge on any atom is -0.351 e. The van der Waals surface area contributed by atoms with Crippen molar-refractivity contribution in [1.82, 2.24) is 10.2 Å². The molecule has 2 aliphatic heterocycles. The highest BCUT2D eigenvalue weighted by atomic mass is 16.7. The highest BCUT2D eigenvalue weighted by Gasteiger charge is 2.58. The number of nitrogens with zero attached hydrogens (tertiary/aromatic N) is 1. The molecule has 3 aliphatic rings. The first-order valence-corrected chi connectivity index (χ1v) is 9.44. The van der Waals surface area contributed by atoms with E-state index in [1.807, 2.05) is 36.1 Å². The number of ether oxygens (including phenoxy) is 2. The normalized spacial score (nSPS) is 23.0. The molecule has 1 aliphatic carbocycles. The fourth-order valence-electron chi connectivity index (χ4n) is 3.86. The number of piperidine rings is 1. The summed E-state index contributed by atoms with van der Waals surface area (Å²) in [5, 5.41) is 2.95. The minimum atomic E-state index is -0.855. The molecule has 0 unspecified atom stereocenters. The van der Waals surface area contributed by atoms with Gasteiger partial charge in [-0.05, 0) is 25.3 Å². The number of hydrogen-bond acceptors (Lipinski definition) is 4. The first-order chi connectivity index (χ1) is 12.5. The molecule has 0 atom stereocenters. The van der Waals surface area contributed by atoms with Crippen molar-refractivity contribution in [2.75, 3.05) is 26.3 Å². The fourth-order valence-corrected chi connectivity index (χ4v) is 3.86. The monoisotopic (exact) mass is 358 g/mol. The maximum absolute atomic E-state index is 13.0. The van der Waals surface area contributed by atoms with Crippen molar-refractivity contribution in [3.63, 3.8) is 0 Å². The predicted molar refractivity (Wildman–Crippen MR) is 95.1 cm³/mol. The van der Waals surface area contributed by atoms with Gasteiger partial charge >= 0.3 is 0 Å². The minimum absolute atomic E-state index is 0.0354. The van der Waals surface area contributed by atoms with E-state index in [-0.39, 0.29) is 11.8 Å². The van der Waals surface area contributed by atoms with Gasteiger partial charge in [0, 0.05) is 32.5 Å². The summed E-state index contributed by atoms with van der Waals surface area (Å²) in [7, 11) is 0. The summed E-state index contributed by atoms with van der Waals surface area (Å²) in [6, 6.07) is 8.05. The van der Waals surface area contributed by atoms with Crippen molar-refractivity contribution >= 4 is 11.8 Å². The Balaban J connectivity index is 1.33. The number of carbonyl (C=O) groups excluding carboxylic acids is 2. The quantitative estimate of drug-likeness (QED) is 0.833. The van der Waals surface area contributed by atoms with Gasteiger partial charge in [0.05, 0.1) is 13.2 Å². The third-order valence-electron chi connectivity index (χ3n) is 5.79. The summed E-state index contributed by atoms with van der Waals surface area (Å²) in [5.41, 5.74) is 1.38. The highest BCUT2D eigenvalue weighted by Crippen LogP contribution is 2.48. The van der Waals surface area contributed by atoms with Crippen LogP contribution in [-0.2, 0) is 25.6 Å². The Morgan fingerprint density at radius 2 is 1.65 bits per heavy atom. The molecule has 1 N–H and O–H groups in total. The molecule has 4 rings (SSSR count). The zero-order valence-electron chi connectivity index (χ0n) is 15.3. The van der Waals surface area contributed by atoms with Crippen LogP contribution in [-0.4, -0.2) is 48.8 Å². The van der Waals surface area contributed by atoms with Crippen molar-refractivity contribution in [3.8, 4) is 0 Å². The third-order valence-corrected chi connectivity index (χ3v) is 5.79. The lowest BCUT2D eigenvalue weighted by Crippen LogP contribution is -2.51. The van der Waals surface area contributed by atoms with Crippen molar-refractivity contribution < 1.29 is 19.1 Å². The van der Waals surface area contributed by atoms with E-state index in [0.717, 1.165) is 5.56 Å². The molecule has 2 heterocycles. The van der Waals surface area contributed by atoms with Crippen LogP contribution in [0.15, 0.2) is 24.3 Å². The Labute approximate surface area is 153 Å². The average molecular weight is 358 g/mol. The largest absolute Gasteiger partial charge is 0.351 e. The van der Waals surface area contributed by atoms with Crippen molar-refractivity contribution in [1.29, 1.82) is 0 Å². The van der Waals surface area contributed by atoms with Gasteiger partial charge in [0.1, 0.15) is 5.41 Å². The van der Waals surface area contributed by atoms with Gasteiger partial charge in [0.15, 0.2) is 5.79 Å². The molecule has 1 aromatic rings. The van der Waals surface area contributed by atoms with Crippen molar-refractivity contribution in [2.24, 2.45) is 5.41 Å². The molecule has 2 amide bonds. The molecule has 1 saturated carbocycles. The van der Waals surface area contributed by atoms with E-state index in [9.17, 15) is 9.59 Å². The van der Waals surface area contributed by atoms with E-state index < -0.39 is 11.2 Å². The maximum Gasteiger partial charge on any atom is 0.238 e. The van der Waals surface area contributed by atoms with E-state index in [1.165, 1.54) is 5.56 Å². The second-order valence-electron chi connectivity index (χ2n) is 7.65. The smallest absolute Gasteiger partial charge is 0.238 e. The zero-order valence-corrected chi connectivity index (χ0v) is 15.3. The number of amides is 2. The Morgan fingerprint density at radius 1 is 1.04 bits per heavy atom. The molecule has 26 heavy (non-hydrogen) atoms. The Bertz CT molecular complexity index is 680. The lowest BCUT2D eigenvalue weighted by molar-refractivity contribution is -0.188. The van der Waals surface area contributed by atoms with Crippen LogP contribution in [0.1, 0.15) is 36.8 Å². The van der Waals surface area contributed by atoms with Gasteiger partial charge in [-0.2, -0.15) is 0 Å². The third kappa shape index (κ3) is 3.23. The summed E-state index contributed by atoms with van der Waals surface area (Å²) in [4.78, 5) is 27.5. The van der Waals surface area contributed by atoms with Crippen LogP contribution in [0.25, 0.3) is 0 Å². The van der Waals surface area contributed by atoms with Gasteiger partial charge in [-0.25, -0.2) is 0 Å². The van der Waals surface area contributed by atoms with Crippen LogP contribution >= 0.6 is 0 Å². The van der Waals surface area contributed by atoms with E-state index in [4.69, 9.17) is 9.47 Å². The van der Waals surface area contributed by atoms with Crippen LogP contribution in [0.4, 0.5) is 0 Å². The van der Waals surface area contributed by atoms with Crippen LogP contribution in [0.5, 0.6) is 0 Å². The standard InChI is InChI=1S/C20H26N2O4/c1-15-2-4-16(5-3-15)14-21-17(23)19(6-7-19)18(24)22-10-8-20(9-11-22)25-12-13-26-20/h2-5H,6-14H2,1H3,(H,21,23). The molecule has 1 aromatic carbocycles. The summed E-state index contributed by atoms with van der Waals surface area (Å²) in [6.45, 7) is 4.92. The van der Waals surface area contributed by atoms with E-state index in [2.05, 4.69) is 5.32 Å². The number of aryl methyl sites for hydroxylation is 1. The first kappa shape index (κ1) is 17.5. The number of hydrogen-bond donors (Lipinski definition) is 1. The average Bonchev–Trinajstić information content (AvgIpc) is 3.36. The summed E-state index contributed by atoms with van der Waals surface area (Å²) < 4.78 is 11.4. The topological polar surface area (TPSA) is 67.9 Å². The maximum atomic E-state index is 13.0. The van der Waals surface area contributed by atoms with Gasteiger partial charge < -0.3 is 19.7 Å². The molecule has 2 saturated heterocycles. The van der Waals surface area contributed by atoms with Crippen molar-refractivity contribution in [2.45, 2.75) is 44.9 Å². The van der Waals surface area contributed by atoms with Gasteiger partial charge in [0.25, 0.3) is 0 Å². The van der Waals surface area contributed by atoms with Crippen LogP contribution in [0.2, 0.25) is 0 Å². The number of carbonyl (C=O) groups is 2. The second-order valence-corrected chi connectivity index (χ2v) is 7.65. The van der Waals surface area contributed by atoms with Gasteiger partial charge in [-0.15, -0.1) is 0 Å². The molecule has 3 fully saturated rings. The molecule has 0 bridgehead atoms. The SMILES string of the molecule is Cc1ccc(CNC(=O)C2(C(=O)N3CCC4(CC3)OCCO4)CC2)cc1. The fraction of sp³-hybridized carbons (Fsp3) is 0.600. The van der Waals surface area contributed by atoms with Gasteiger partial charge in [0.2, 0.25) is 11.8 Å². The molecular formula is C20H26N2O4. The van der Waals surface area contributed by atoms with Crippen LogP contribution in [0, 0.1) is 12.3 Å². The van der Waals surface area contributed by atoms with Gasteiger partial charge in [-0.3, -0.25) is 9.59 Å². The lowest BCUT2D eigenvalue weighted by atomic mass is 9.98. The van der Waals surface area contributed by atoms with Crippen molar-refractivity contribution in [3.05, 3.63) is 35.4 Å². The predicted octanol–water partition coefficient (Wildman–Crippen LogP) is 1.76. The van der Waals surface area contributed by atoms with E-state index >= 15 is 0 Å². The number of likely N-dealkylation sites (tertiary alicyclic amines) is 1. The second kappa shape index (κ2) is 6.67. The zero-order chi connectivity index (χ0) is 18.2. The highest BCUT2D eigenvalue weighted by molar-refractivity contribution is 6.07. The lowest BCUT2D eigenvalue weighted by Gasteiger charge is -2.38. The van der Waals surface area contributed by atoms with Crippen LogP contribution < -0.4 is 5.32 Å². The summed E-state index contributed by atoms with van der Waals surface area (Å²) in [5.74, 6) is -0.676. The Kier molecular flexibility index (Phi) is 4.49. The van der Waals surface area contributed by atoms with E-state index in [1.54, 1.807) is 0 Å². The molecule has 0 aromatic heterocycles. The molecular weight excluding hydrogens is 332 g/mol.